The Hall–Kier alpha value is -3.21. The molecule has 0 aromatic heterocycles. The third kappa shape index (κ3) is 2.52. The number of carboxylic acid groups (broad SMARTS) is 1. The van der Waals surface area contributed by atoms with E-state index in [9.17, 15) is 9.90 Å². The van der Waals surface area contributed by atoms with Gasteiger partial charge in [0.2, 0.25) is 0 Å². The number of benzene rings is 3. The van der Waals surface area contributed by atoms with E-state index in [0.717, 1.165) is 5.39 Å². The van der Waals surface area contributed by atoms with Crippen molar-refractivity contribution in [2.45, 2.75) is 0 Å². The van der Waals surface area contributed by atoms with Crippen LogP contribution in [0.4, 0.5) is 11.4 Å². The second-order valence-electron chi connectivity index (χ2n) is 4.67. The minimum absolute atomic E-state index is 0.0920. The number of phenolic OH excluding ortho intramolecular Hbond substituents is 1. The number of aromatic carboxylic acids is 1. The Kier molecular flexibility index (Phi) is 3.53. The van der Waals surface area contributed by atoms with Crippen molar-refractivity contribution >= 4 is 28.1 Å². The van der Waals surface area contributed by atoms with Crippen molar-refractivity contribution in [3.8, 4) is 5.75 Å². The summed E-state index contributed by atoms with van der Waals surface area (Å²) in [4.78, 5) is 11.2. The van der Waals surface area contributed by atoms with Gasteiger partial charge in [0.1, 0.15) is 11.4 Å². The summed E-state index contributed by atoms with van der Waals surface area (Å²) in [6, 6.07) is 16.9. The van der Waals surface area contributed by atoms with Crippen LogP contribution < -0.4 is 0 Å². The van der Waals surface area contributed by atoms with Crippen molar-refractivity contribution in [2.24, 2.45) is 10.2 Å². The number of hydrogen-bond acceptors (Lipinski definition) is 4. The predicted molar refractivity (Wildman–Crippen MR) is 83.2 cm³/mol. The maximum atomic E-state index is 11.2. The summed E-state index contributed by atoms with van der Waals surface area (Å²) in [5.74, 6) is -0.884. The van der Waals surface area contributed by atoms with Crippen LogP contribution >= 0.6 is 0 Å². The van der Waals surface area contributed by atoms with Crippen molar-refractivity contribution in [1.82, 2.24) is 0 Å². The summed E-state index contributed by atoms with van der Waals surface area (Å²) >= 11 is 0. The zero-order chi connectivity index (χ0) is 15.5. The summed E-state index contributed by atoms with van der Waals surface area (Å²) in [5.41, 5.74) is 0.940. The zero-order valence-corrected chi connectivity index (χ0v) is 11.5. The largest absolute Gasteiger partial charge is 0.507 e. The fourth-order valence-corrected chi connectivity index (χ4v) is 2.20. The van der Waals surface area contributed by atoms with Crippen molar-refractivity contribution in [3.63, 3.8) is 0 Å². The van der Waals surface area contributed by atoms with Gasteiger partial charge in [-0.25, -0.2) is 4.79 Å². The lowest BCUT2D eigenvalue weighted by Gasteiger charge is -2.03. The number of carboxylic acids is 1. The monoisotopic (exact) mass is 292 g/mol. The topological polar surface area (TPSA) is 82.2 Å². The molecule has 3 rings (SSSR count). The van der Waals surface area contributed by atoms with E-state index in [1.54, 1.807) is 36.4 Å². The predicted octanol–water partition coefficient (Wildman–Crippen LogP) is 4.66. The number of nitrogens with zero attached hydrogens (tertiary/aromatic N) is 2. The molecule has 0 saturated carbocycles. The summed E-state index contributed by atoms with van der Waals surface area (Å²) in [6.07, 6.45) is 0. The van der Waals surface area contributed by atoms with Gasteiger partial charge in [0.15, 0.2) is 0 Å². The first-order chi connectivity index (χ1) is 10.7. The molecule has 22 heavy (non-hydrogen) atoms. The minimum Gasteiger partial charge on any atom is -0.507 e. The first kappa shape index (κ1) is 13.8. The minimum atomic E-state index is -1.05. The Bertz CT molecular complexity index is 888. The van der Waals surface area contributed by atoms with Crippen LogP contribution in [0.3, 0.4) is 0 Å². The molecule has 5 nitrogen and oxygen atoms in total. The van der Waals surface area contributed by atoms with E-state index in [-0.39, 0.29) is 17.0 Å². The number of carbonyl (C=O) groups is 1. The highest BCUT2D eigenvalue weighted by molar-refractivity contribution is 5.96. The van der Waals surface area contributed by atoms with Gasteiger partial charge in [-0.15, -0.1) is 10.2 Å². The zero-order valence-electron chi connectivity index (χ0n) is 11.5. The molecule has 3 aromatic carbocycles. The van der Waals surface area contributed by atoms with E-state index in [0.29, 0.717) is 11.1 Å². The first-order valence-electron chi connectivity index (χ1n) is 6.61. The maximum absolute atomic E-state index is 11.2. The molecule has 0 radical (unpaired) electrons. The number of hydrogen-bond donors (Lipinski definition) is 2. The van der Waals surface area contributed by atoms with Crippen molar-refractivity contribution in [1.29, 1.82) is 0 Å². The fraction of sp³-hybridized carbons (Fsp3) is 0. The molecule has 0 unspecified atom stereocenters. The third-order valence-corrected chi connectivity index (χ3v) is 3.28. The number of aromatic hydroxyl groups is 1. The van der Waals surface area contributed by atoms with Crippen LogP contribution in [0.1, 0.15) is 10.4 Å². The summed E-state index contributed by atoms with van der Waals surface area (Å²) < 4.78 is 0. The maximum Gasteiger partial charge on any atom is 0.337 e. The van der Waals surface area contributed by atoms with E-state index in [1.807, 2.05) is 18.2 Å². The van der Waals surface area contributed by atoms with E-state index in [1.165, 1.54) is 6.07 Å². The second-order valence-corrected chi connectivity index (χ2v) is 4.67. The molecule has 0 heterocycles. The van der Waals surface area contributed by atoms with Crippen LogP contribution in [0.15, 0.2) is 70.9 Å². The summed E-state index contributed by atoms with van der Waals surface area (Å²) in [5, 5.41) is 28.6. The molecular weight excluding hydrogens is 280 g/mol. The molecule has 0 atom stereocenters. The standard InChI is InChI=1S/C17H12N2O3/c20-16-10-9-15(11-5-1-2-6-12(11)16)19-18-14-8-4-3-7-13(14)17(21)22/h1-10,20H,(H,21,22). The van der Waals surface area contributed by atoms with Crippen molar-refractivity contribution in [2.75, 3.05) is 0 Å². The van der Waals surface area contributed by atoms with Gasteiger partial charge < -0.3 is 10.2 Å². The molecule has 2 N–H and O–H groups in total. The SMILES string of the molecule is O=C(O)c1ccccc1N=Nc1ccc(O)c2ccccc12. The lowest BCUT2D eigenvalue weighted by molar-refractivity contribution is 0.0697. The number of rotatable bonds is 3. The Morgan fingerprint density at radius 2 is 1.41 bits per heavy atom. The van der Waals surface area contributed by atoms with E-state index >= 15 is 0 Å². The third-order valence-electron chi connectivity index (χ3n) is 3.28. The molecule has 0 aliphatic carbocycles. The van der Waals surface area contributed by atoms with Crippen LogP contribution in [0.2, 0.25) is 0 Å². The molecule has 0 aliphatic heterocycles. The van der Waals surface area contributed by atoms with Crippen molar-refractivity contribution < 1.29 is 15.0 Å². The Labute approximate surface area is 126 Å². The number of fused-ring (bicyclic) bond motifs is 1. The molecule has 0 amide bonds. The van der Waals surface area contributed by atoms with Crippen LogP contribution in [0.25, 0.3) is 10.8 Å². The lowest BCUT2D eigenvalue weighted by Crippen LogP contribution is -1.95. The molecular formula is C17H12N2O3. The second kappa shape index (κ2) is 5.65. The Balaban J connectivity index is 2.08. The molecule has 0 fully saturated rings. The van der Waals surface area contributed by atoms with Gasteiger partial charge in [-0.1, -0.05) is 36.4 Å². The first-order valence-corrected chi connectivity index (χ1v) is 6.61. The van der Waals surface area contributed by atoms with Gasteiger partial charge in [-0.3, -0.25) is 0 Å². The fourth-order valence-electron chi connectivity index (χ4n) is 2.20. The molecule has 108 valence electrons. The smallest absolute Gasteiger partial charge is 0.337 e. The van der Waals surface area contributed by atoms with Crippen LogP contribution in [-0.4, -0.2) is 16.2 Å². The van der Waals surface area contributed by atoms with Gasteiger partial charge >= 0.3 is 5.97 Å². The van der Waals surface area contributed by atoms with E-state index in [2.05, 4.69) is 10.2 Å². The molecule has 0 saturated heterocycles. The van der Waals surface area contributed by atoms with Crippen molar-refractivity contribution in [3.05, 3.63) is 66.2 Å². The molecule has 0 bridgehead atoms. The van der Waals surface area contributed by atoms with Gasteiger partial charge in [0, 0.05) is 10.8 Å². The highest BCUT2D eigenvalue weighted by Gasteiger charge is 2.09. The lowest BCUT2D eigenvalue weighted by atomic mass is 10.1. The quantitative estimate of drug-likeness (QED) is 0.689. The highest BCUT2D eigenvalue weighted by atomic mass is 16.4. The average molecular weight is 292 g/mol. The summed E-state index contributed by atoms with van der Waals surface area (Å²) in [6.45, 7) is 0. The van der Waals surface area contributed by atoms with Gasteiger partial charge in [-0.2, -0.15) is 0 Å². The van der Waals surface area contributed by atoms with E-state index < -0.39 is 5.97 Å². The number of phenols is 1. The number of azo groups is 1. The van der Waals surface area contributed by atoms with E-state index in [4.69, 9.17) is 5.11 Å². The van der Waals surface area contributed by atoms with Gasteiger partial charge in [0.05, 0.1) is 11.3 Å². The highest BCUT2D eigenvalue weighted by Crippen LogP contribution is 2.33. The molecule has 5 heteroatoms. The average Bonchev–Trinajstić information content (AvgIpc) is 2.55. The molecule has 3 aromatic rings. The molecule has 0 spiro atoms. The van der Waals surface area contributed by atoms with Gasteiger partial charge in [0.25, 0.3) is 0 Å². The Morgan fingerprint density at radius 1 is 0.773 bits per heavy atom. The molecule has 0 aliphatic rings. The van der Waals surface area contributed by atoms with Gasteiger partial charge in [-0.05, 0) is 24.3 Å². The van der Waals surface area contributed by atoms with Crippen LogP contribution in [0, 0.1) is 0 Å². The van der Waals surface area contributed by atoms with Crippen LogP contribution in [0.5, 0.6) is 5.75 Å². The normalized spacial score (nSPS) is 11.1. The van der Waals surface area contributed by atoms with Crippen LogP contribution in [-0.2, 0) is 0 Å². The Morgan fingerprint density at radius 3 is 2.18 bits per heavy atom. The summed E-state index contributed by atoms with van der Waals surface area (Å²) in [7, 11) is 0.